The van der Waals surface area contributed by atoms with Crippen molar-refractivity contribution in [3.05, 3.63) is 0 Å². The number of nitrogens with two attached hydrogens (primary N) is 1. The molecular weight excluding hydrogens is 214 g/mol. The van der Waals surface area contributed by atoms with E-state index < -0.39 is 0 Å². The molecule has 2 unspecified atom stereocenters. The Bertz CT molecular complexity index is 227. The van der Waals surface area contributed by atoms with Crippen LogP contribution in [0.1, 0.15) is 54.9 Å². The smallest absolute Gasteiger partial charge is 0.0708 e. The third kappa shape index (κ3) is 5.84. The van der Waals surface area contributed by atoms with Gasteiger partial charge in [-0.05, 0) is 24.2 Å². The molecule has 0 rings (SSSR count). The van der Waals surface area contributed by atoms with Gasteiger partial charge in [-0.1, -0.05) is 41.5 Å². The molecular formula is C14H31NO2. The average Bonchev–Trinajstić information content (AvgIpc) is 2.09. The fourth-order valence-corrected chi connectivity index (χ4v) is 1.89. The van der Waals surface area contributed by atoms with Crippen LogP contribution in [0.25, 0.3) is 0 Å². The number of rotatable bonds is 5. The lowest BCUT2D eigenvalue weighted by atomic mass is 9.69. The molecule has 0 aromatic heterocycles. The number of hydrogen-bond donors (Lipinski definition) is 2. The van der Waals surface area contributed by atoms with Crippen molar-refractivity contribution < 1.29 is 9.84 Å². The molecule has 0 aromatic carbocycles. The Kier molecular flexibility index (Phi) is 5.64. The van der Waals surface area contributed by atoms with Gasteiger partial charge in [0.05, 0.1) is 24.9 Å². The molecule has 0 radical (unpaired) electrons. The third-order valence-corrected chi connectivity index (χ3v) is 3.30. The quantitative estimate of drug-likeness (QED) is 0.782. The summed E-state index contributed by atoms with van der Waals surface area (Å²) in [5.41, 5.74) is 5.71. The van der Waals surface area contributed by atoms with Crippen LogP contribution in [0.15, 0.2) is 0 Å². The first-order valence-corrected chi connectivity index (χ1v) is 6.42. The zero-order chi connectivity index (χ0) is 13.9. The Hall–Kier alpha value is -0.120. The zero-order valence-corrected chi connectivity index (χ0v) is 12.6. The molecule has 3 nitrogen and oxygen atoms in total. The van der Waals surface area contributed by atoms with Crippen LogP contribution >= 0.6 is 0 Å². The highest BCUT2D eigenvalue weighted by atomic mass is 16.5. The van der Waals surface area contributed by atoms with Gasteiger partial charge in [0.15, 0.2) is 0 Å². The molecule has 0 aliphatic heterocycles. The topological polar surface area (TPSA) is 55.5 Å². The monoisotopic (exact) mass is 245 g/mol. The normalized spacial score (nSPS) is 18.9. The van der Waals surface area contributed by atoms with Crippen molar-refractivity contribution in [2.75, 3.05) is 13.2 Å². The first-order valence-electron chi connectivity index (χ1n) is 6.42. The van der Waals surface area contributed by atoms with Gasteiger partial charge < -0.3 is 15.6 Å². The van der Waals surface area contributed by atoms with E-state index in [1.807, 2.05) is 0 Å². The minimum absolute atomic E-state index is 0.0320. The van der Waals surface area contributed by atoms with Gasteiger partial charge in [-0.25, -0.2) is 0 Å². The Morgan fingerprint density at radius 2 is 1.53 bits per heavy atom. The summed E-state index contributed by atoms with van der Waals surface area (Å²) in [5, 5.41) is 8.96. The molecule has 0 saturated carbocycles. The number of ether oxygens (including phenoxy) is 1. The second kappa shape index (κ2) is 5.68. The molecule has 0 aliphatic carbocycles. The van der Waals surface area contributed by atoms with Crippen LogP contribution in [0.3, 0.4) is 0 Å². The van der Waals surface area contributed by atoms with Crippen LogP contribution in [0.2, 0.25) is 0 Å². The van der Waals surface area contributed by atoms with E-state index in [9.17, 15) is 0 Å². The van der Waals surface area contributed by atoms with E-state index in [0.717, 1.165) is 6.42 Å². The Balaban J connectivity index is 4.75. The molecule has 104 valence electrons. The first-order chi connectivity index (χ1) is 7.41. The van der Waals surface area contributed by atoms with Crippen LogP contribution in [0, 0.1) is 10.8 Å². The molecule has 0 spiro atoms. The zero-order valence-electron chi connectivity index (χ0n) is 12.6. The molecule has 0 heterocycles. The largest absolute Gasteiger partial charge is 0.395 e. The Labute approximate surface area is 107 Å². The lowest BCUT2D eigenvalue weighted by Gasteiger charge is -2.45. The van der Waals surface area contributed by atoms with Crippen LogP contribution in [0.5, 0.6) is 0 Å². The van der Waals surface area contributed by atoms with Crippen LogP contribution in [0.4, 0.5) is 0 Å². The van der Waals surface area contributed by atoms with Crippen molar-refractivity contribution in [2.45, 2.75) is 66.5 Å². The summed E-state index contributed by atoms with van der Waals surface area (Å²) >= 11 is 0. The van der Waals surface area contributed by atoms with Gasteiger partial charge in [-0.3, -0.25) is 0 Å². The molecule has 3 N–H and O–H groups in total. The summed E-state index contributed by atoms with van der Waals surface area (Å²) in [5.74, 6) is 0. The van der Waals surface area contributed by atoms with Crippen molar-refractivity contribution in [3.8, 4) is 0 Å². The highest BCUT2D eigenvalue weighted by Crippen LogP contribution is 2.42. The summed E-state index contributed by atoms with van der Waals surface area (Å²) in [7, 11) is 0. The molecule has 0 aliphatic rings. The van der Waals surface area contributed by atoms with Gasteiger partial charge >= 0.3 is 0 Å². The minimum atomic E-state index is -0.295. The maximum atomic E-state index is 8.96. The van der Waals surface area contributed by atoms with Crippen molar-refractivity contribution in [3.63, 3.8) is 0 Å². The van der Waals surface area contributed by atoms with Gasteiger partial charge in [-0.2, -0.15) is 0 Å². The van der Waals surface area contributed by atoms with Crippen LogP contribution in [-0.2, 0) is 4.74 Å². The maximum absolute atomic E-state index is 8.96. The predicted octanol–water partition coefficient (Wildman–Crippen LogP) is 2.56. The molecule has 0 amide bonds. The fraction of sp³-hybridized carbons (Fsp3) is 1.00. The molecule has 0 bridgehead atoms. The van der Waals surface area contributed by atoms with E-state index in [1.165, 1.54) is 0 Å². The van der Waals surface area contributed by atoms with Gasteiger partial charge in [0, 0.05) is 0 Å². The number of aliphatic hydroxyl groups is 1. The maximum Gasteiger partial charge on any atom is 0.0708 e. The van der Waals surface area contributed by atoms with Gasteiger partial charge in [0.2, 0.25) is 0 Å². The predicted molar refractivity (Wildman–Crippen MR) is 72.9 cm³/mol. The summed E-state index contributed by atoms with van der Waals surface area (Å²) in [6.07, 6.45) is 0.960. The molecule has 3 heteroatoms. The van der Waals surface area contributed by atoms with E-state index in [2.05, 4.69) is 48.5 Å². The number of hydrogen-bond acceptors (Lipinski definition) is 3. The van der Waals surface area contributed by atoms with E-state index in [4.69, 9.17) is 15.6 Å². The van der Waals surface area contributed by atoms with Crippen LogP contribution in [-0.4, -0.2) is 30.0 Å². The second-order valence-corrected chi connectivity index (χ2v) is 7.47. The Morgan fingerprint density at radius 1 is 1.06 bits per heavy atom. The van der Waals surface area contributed by atoms with E-state index in [0.29, 0.717) is 6.61 Å². The lowest BCUT2D eigenvalue weighted by Crippen LogP contribution is -2.48. The molecule has 2 atom stereocenters. The van der Waals surface area contributed by atoms with Crippen molar-refractivity contribution in [1.29, 1.82) is 0 Å². The standard InChI is InChI=1S/C14H31NO2/c1-12(2,3)10-14(7,13(4,5)6)17-9-11(15)8-16/h11,16H,8-10,15H2,1-7H3. The molecule has 17 heavy (non-hydrogen) atoms. The highest BCUT2D eigenvalue weighted by Gasteiger charge is 2.41. The van der Waals surface area contributed by atoms with E-state index >= 15 is 0 Å². The van der Waals surface area contributed by atoms with E-state index in [-0.39, 0.29) is 29.1 Å². The number of aliphatic hydroxyl groups excluding tert-OH is 1. The molecule has 0 saturated heterocycles. The summed E-state index contributed by atoms with van der Waals surface area (Å²) in [6, 6.07) is -0.295. The van der Waals surface area contributed by atoms with Crippen LogP contribution < -0.4 is 5.73 Å². The fourth-order valence-electron chi connectivity index (χ4n) is 1.89. The summed E-state index contributed by atoms with van der Waals surface area (Å²) in [6.45, 7) is 15.7. The average molecular weight is 245 g/mol. The van der Waals surface area contributed by atoms with E-state index in [1.54, 1.807) is 0 Å². The first kappa shape index (κ1) is 16.9. The lowest BCUT2D eigenvalue weighted by molar-refractivity contribution is -0.130. The van der Waals surface area contributed by atoms with Gasteiger partial charge in [0.1, 0.15) is 0 Å². The van der Waals surface area contributed by atoms with Gasteiger partial charge in [0.25, 0.3) is 0 Å². The van der Waals surface area contributed by atoms with Gasteiger partial charge in [-0.15, -0.1) is 0 Å². The Morgan fingerprint density at radius 3 is 1.82 bits per heavy atom. The SMILES string of the molecule is CC(C)(C)CC(C)(OCC(N)CO)C(C)(C)C. The molecule has 0 aromatic rings. The highest BCUT2D eigenvalue weighted by molar-refractivity contribution is 4.92. The van der Waals surface area contributed by atoms with Crippen molar-refractivity contribution in [2.24, 2.45) is 16.6 Å². The summed E-state index contributed by atoms with van der Waals surface area (Å²) < 4.78 is 6.04. The molecule has 0 fully saturated rings. The second-order valence-electron chi connectivity index (χ2n) is 7.47. The summed E-state index contributed by atoms with van der Waals surface area (Å²) in [4.78, 5) is 0. The third-order valence-electron chi connectivity index (χ3n) is 3.30. The van der Waals surface area contributed by atoms with Crippen molar-refractivity contribution >= 4 is 0 Å². The minimum Gasteiger partial charge on any atom is -0.395 e. The van der Waals surface area contributed by atoms with Crippen molar-refractivity contribution in [1.82, 2.24) is 0 Å².